The van der Waals surface area contributed by atoms with Crippen LogP contribution in [0.2, 0.25) is 0 Å². The normalized spacial score (nSPS) is 20.5. The Morgan fingerprint density at radius 3 is 2.48 bits per heavy atom. The van der Waals surface area contributed by atoms with Gasteiger partial charge in [0.25, 0.3) is 0 Å². The molecule has 0 unspecified atom stereocenters. The molecule has 4 nitrogen and oxygen atoms in total. The van der Waals surface area contributed by atoms with Crippen LogP contribution in [0.1, 0.15) is 50.5 Å². The summed E-state index contributed by atoms with van der Waals surface area (Å²) in [6.45, 7) is 2.07. The summed E-state index contributed by atoms with van der Waals surface area (Å²) in [5.41, 5.74) is 0.897. The zero-order valence-corrected chi connectivity index (χ0v) is 15.8. The zero-order valence-electron chi connectivity index (χ0n) is 15.8. The molecule has 1 saturated heterocycles. The maximum absolute atomic E-state index is 12.9. The summed E-state index contributed by atoms with van der Waals surface area (Å²) in [5.74, 6) is 0.761. The number of hydrogen-bond donors (Lipinski definition) is 1. The van der Waals surface area contributed by atoms with E-state index >= 15 is 0 Å². The van der Waals surface area contributed by atoms with Gasteiger partial charge in [0.2, 0.25) is 11.8 Å². The third kappa shape index (κ3) is 5.91. The zero-order chi connectivity index (χ0) is 19.1. The van der Waals surface area contributed by atoms with Crippen molar-refractivity contribution in [2.24, 2.45) is 11.8 Å². The highest BCUT2D eigenvalue weighted by Crippen LogP contribution is 2.26. The number of rotatable bonds is 6. The van der Waals surface area contributed by atoms with Gasteiger partial charge in [-0.25, -0.2) is 4.39 Å². The van der Waals surface area contributed by atoms with E-state index in [4.69, 9.17) is 0 Å². The standard InChI is InChI=1S/C22H29FN2O2/c23-20-9-6-18(7-10-20)16-24-21(26)11-8-17-12-14-25(15-13-17)22(27)19-4-2-1-3-5-19/h1-2,6-7,9-10,17,19H,3-5,8,11-16H2,(H,24,26)/t19-/m1/s1. The number of halogens is 1. The topological polar surface area (TPSA) is 49.4 Å². The van der Waals surface area contributed by atoms with E-state index < -0.39 is 0 Å². The van der Waals surface area contributed by atoms with E-state index in [1.54, 1.807) is 12.1 Å². The minimum absolute atomic E-state index is 0.0341. The smallest absolute Gasteiger partial charge is 0.226 e. The summed E-state index contributed by atoms with van der Waals surface area (Å²) in [4.78, 5) is 26.6. The summed E-state index contributed by atoms with van der Waals surface area (Å²) in [7, 11) is 0. The highest BCUT2D eigenvalue weighted by molar-refractivity contribution is 5.79. The molecule has 27 heavy (non-hydrogen) atoms. The Morgan fingerprint density at radius 2 is 1.81 bits per heavy atom. The van der Waals surface area contributed by atoms with Crippen LogP contribution in [0.15, 0.2) is 36.4 Å². The van der Waals surface area contributed by atoms with Gasteiger partial charge in [-0.2, -0.15) is 0 Å². The highest BCUT2D eigenvalue weighted by Gasteiger charge is 2.28. The van der Waals surface area contributed by atoms with Gasteiger partial charge in [-0.05, 0) is 62.1 Å². The number of benzene rings is 1. The summed E-state index contributed by atoms with van der Waals surface area (Å²) in [5, 5.41) is 2.90. The molecule has 0 radical (unpaired) electrons. The predicted molar refractivity (Wildman–Crippen MR) is 103 cm³/mol. The molecule has 146 valence electrons. The van der Waals surface area contributed by atoms with Gasteiger partial charge in [0.15, 0.2) is 0 Å². The Hall–Kier alpha value is -2.17. The predicted octanol–water partition coefficient (Wildman–Crippen LogP) is 3.82. The minimum atomic E-state index is -0.269. The lowest BCUT2D eigenvalue weighted by atomic mass is 9.89. The fraction of sp³-hybridized carbons (Fsp3) is 0.545. The van der Waals surface area contributed by atoms with Gasteiger partial charge in [0.05, 0.1) is 0 Å². The number of likely N-dealkylation sites (tertiary alicyclic amines) is 1. The number of nitrogens with zero attached hydrogens (tertiary/aromatic N) is 1. The van der Waals surface area contributed by atoms with Crippen molar-refractivity contribution >= 4 is 11.8 Å². The van der Waals surface area contributed by atoms with E-state index in [0.29, 0.717) is 24.8 Å². The van der Waals surface area contributed by atoms with Crippen LogP contribution in [0.25, 0.3) is 0 Å². The molecule has 2 aliphatic rings. The summed E-state index contributed by atoms with van der Waals surface area (Å²) < 4.78 is 12.9. The van der Waals surface area contributed by atoms with Crippen LogP contribution < -0.4 is 5.32 Å². The van der Waals surface area contributed by atoms with Crippen molar-refractivity contribution in [1.29, 1.82) is 0 Å². The first-order chi connectivity index (χ1) is 13.1. The molecule has 1 aromatic carbocycles. The lowest BCUT2D eigenvalue weighted by Gasteiger charge is -2.34. The van der Waals surface area contributed by atoms with E-state index in [0.717, 1.165) is 57.2 Å². The summed E-state index contributed by atoms with van der Waals surface area (Å²) in [6, 6.07) is 6.18. The molecule has 1 aliphatic heterocycles. The maximum atomic E-state index is 12.9. The largest absolute Gasteiger partial charge is 0.352 e. The first-order valence-corrected chi connectivity index (χ1v) is 10.1. The Kier molecular flexibility index (Phi) is 7.02. The number of allylic oxidation sites excluding steroid dienone is 2. The van der Waals surface area contributed by atoms with Gasteiger partial charge in [0, 0.05) is 32.0 Å². The van der Waals surface area contributed by atoms with Crippen molar-refractivity contribution in [3.63, 3.8) is 0 Å². The monoisotopic (exact) mass is 372 g/mol. The molecular formula is C22H29FN2O2. The van der Waals surface area contributed by atoms with Crippen molar-refractivity contribution in [2.75, 3.05) is 13.1 Å². The molecular weight excluding hydrogens is 343 g/mol. The molecule has 3 rings (SSSR count). The fourth-order valence-electron chi connectivity index (χ4n) is 3.94. The quantitative estimate of drug-likeness (QED) is 0.772. The van der Waals surface area contributed by atoms with Crippen LogP contribution in [0.4, 0.5) is 4.39 Å². The molecule has 0 bridgehead atoms. The van der Waals surface area contributed by atoms with Crippen molar-refractivity contribution < 1.29 is 14.0 Å². The molecule has 5 heteroatoms. The summed E-state index contributed by atoms with van der Waals surface area (Å²) >= 11 is 0. The van der Waals surface area contributed by atoms with E-state index in [1.165, 1.54) is 12.1 Å². The first kappa shape index (κ1) is 19.6. The number of carbonyl (C=O) groups is 2. The highest BCUT2D eigenvalue weighted by atomic mass is 19.1. The molecule has 1 aromatic rings. The van der Waals surface area contributed by atoms with E-state index in [-0.39, 0.29) is 17.6 Å². The number of hydrogen-bond acceptors (Lipinski definition) is 2. The van der Waals surface area contributed by atoms with Gasteiger partial charge in [-0.3, -0.25) is 9.59 Å². The average molecular weight is 372 g/mol. The molecule has 2 amide bonds. The summed E-state index contributed by atoms with van der Waals surface area (Å²) in [6.07, 6.45) is 10.5. The molecule has 0 spiro atoms. The van der Waals surface area contributed by atoms with Gasteiger partial charge in [-0.1, -0.05) is 24.3 Å². The Morgan fingerprint density at radius 1 is 1.07 bits per heavy atom. The molecule has 1 N–H and O–H groups in total. The molecule has 1 aliphatic carbocycles. The molecule has 0 aromatic heterocycles. The van der Waals surface area contributed by atoms with Crippen molar-refractivity contribution in [1.82, 2.24) is 10.2 Å². The SMILES string of the molecule is O=C(CCC1CCN(C(=O)[C@@H]2CC=CCC2)CC1)NCc1ccc(F)cc1. The molecule has 0 saturated carbocycles. The van der Waals surface area contributed by atoms with Crippen molar-refractivity contribution in [3.05, 3.63) is 47.8 Å². The van der Waals surface area contributed by atoms with Crippen LogP contribution in [-0.4, -0.2) is 29.8 Å². The van der Waals surface area contributed by atoms with Crippen LogP contribution in [0.3, 0.4) is 0 Å². The Bertz CT molecular complexity index is 663. The molecule has 1 heterocycles. The number of carbonyl (C=O) groups excluding carboxylic acids is 2. The van der Waals surface area contributed by atoms with Gasteiger partial charge in [-0.15, -0.1) is 0 Å². The van der Waals surface area contributed by atoms with Gasteiger partial charge >= 0.3 is 0 Å². The lowest BCUT2D eigenvalue weighted by Crippen LogP contribution is -2.42. The first-order valence-electron chi connectivity index (χ1n) is 10.1. The second-order valence-electron chi connectivity index (χ2n) is 7.69. The third-order valence-corrected chi connectivity index (χ3v) is 5.73. The van der Waals surface area contributed by atoms with Crippen LogP contribution in [0, 0.1) is 17.7 Å². The van der Waals surface area contributed by atoms with Crippen molar-refractivity contribution in [2.45, 2.75) is 51.5 Å². The third-order valence-electron chi connectivity index (χ3n) is 5.73. The van der Waals surface area contributed by atoms with Gasteiger partial charge in [0.1, 0.15) is 5.82 Å². The Labute approximate surface area is 160 Å². The van der Waals surface area contributed by atoms with Crippen LogP contribution in [0.5, 0.6) is 0 Å². The fourth-order valence-corrected chi connectivity index (χ4v) is 3.94. The number of piperidine rings is 1. The van der Waals surface area contributed by atoms with E-state index in [1.807, 2.05) is 4.90 Å². The molecule has 1 atom stereocenters. The molecule has 1 fully saturated rings. The average Bonchev–Trinajstić information content (AvgIpc) is 2.72. The van der Waals surface area contributed by atoms with Crippen molar-refractivity contribution in [3.8, 4) is 0 Å². The minimum Gasteiger partial charge on any atom is -0.352 e. The number of nitrogens with one attached hydrogen (secondary N) is 1. The van der Waals surface area contributed by atoms with E-state index in [2.05, 4.69) is 17.5 Å². The van der Waals surface area contributed by atoms with Crippen LogP contribution in [-0.2, 0) is 16.1 Å². The van der Waals surface area contributed by atoms with Gasteiger partial charge < -0.3 is 10.2 Å². The lowest BCUT2D eigenvalue weighted by molar-refractivity contribution is -0.137. The number of amides is 2. The second-order valence-corrected chi connectivity index (χ2v) is 7.69. The second kappa shape index (κ2) is 9.67. The van der Waals surface area contributed by atoms with Crippen LogP contribution >= 0.6 is 0 Å². The maximum Gasteiger partial charge on any atom is 0.226 e. The van der Waals surface area contributed by atoms with E-state index in [9.17, 15) is 14.0 Å². The Balaban J connectivity index is 1.33.